The highest BCUT2D eigenvalue weighted by atomic mass is 35.5. The van der Waals surface area contributed by atoms with Gasteiger partial charge in [0.15, 0.2) is 0 Å². The highest BCUT2D eigenvalue weighted by Crippen LogP contribution is 2.32. The summed E-state index contributed by atoms with van der Waals surface area (Å²) in [6.45, 7) is 0.195. The molecule has 0 unspecified atom stereocenters. The molecule has 3 rings (SSSR count). The molecule has 1 aromatic heterocycles. The second-order valence-corrected chi connectivity index (χ2v) is 6.68. The molecule has 144 valence electrons. The number of nitrogens with two attached hydrogens (primary N) is 1. The van der Waals surface area contributed by atoms with E-state index in [1.165, 1.54) is 10.9 Å². The van der Waals surface area contributed by atoms with Crippen molar-refractivity contribution in [3.8, 4) is 5.75 Å². The maximum absolute atomic E-state index is 12.5. The molecule has 3 N–H and O–H groups in total. The van der Waals surface area contributed by atoms with Crippen molar-refractivity contribution in [3.05, 3.63) is 75.5 Å². The molecule has 0 saturated heterocycles. The van der Waals surface area contributed by atoms with Crippen LogP contribution in [0.5, 0.6) is 5.75 Å². The van der Waals surface area contributed by atoms with Crippen LogP contribution in [0.2, 0.25) is 10.0 Å². The summed E-state index contributed by atoms with van der Waals surface area (Å²) >= 11 is 12.1. The number of carbonyl (C=O) groups is 2. The van der Waals surface area contributed by atoms with Crippen molar-refractivity contribution in [2.45, 2.75) is 6.61 Å². The minimum absolute atomic E-state index is 0.114. The van der Waals surface area contributed by atoms with Crippen molar-refractivity contribution in [2.75, 3.05) is 5.32 Å². The SMILES string of the molecule is Cn1ncc(NC(=O)c2cccc(COc3cccc(Cl)c3Cl)c2)c1C(N)=O. The third-order valence-corrected chi connectivity index (χ3v) is 4.72. The van der Waals surface area contributed by atoms with Crippen LogP contribution >= 0.6 is 23.2 Å². The fourth-order valence-corrected chi connectivity index (χ4v) is 2.92. The van der Waals surface area contributed by atoms with Crippen LogP contribution < -0.4 is 15.8 Å². The first-order chi connectivity index (χ1) is 13.4. The van der Waals surface area contributed by atoms with Crippen molar-refractivity contribution in [1.29, 1.82) is 0 Å². The number of anilines is 1. The van der Waals surface area contributed by atoms with Crippen molar-refractivity contribution in [1.82, 2.24) is 9.78 Å². The largest absolute Gasteiger partial charge is 0.487 e. The van der Waals surface area contributed by atoms with Gasteiger partial charge in [0.2, 0.25) is 0 Å². The van der Waals surface area contributed by atoms with Crippen LogP contribution in [0.4, 0.5) is 5.69 Å². The Bertz CT molecular complexity index is 1050. The normalized spacial score (nSPS) is 10.5. The van der Waals surface area contributed by atoms with E-state index in [4.69, 9.17) is 33.7 Å². The number of hydrogen-bond acceptors (Lipinski definition) is 4. The zero-order chi connectivity index (χ0) is 20.3. The number of ether oxygens (including phenoxy) is 1. The molecule has 0 aliphatic heterocycles. The summed E-state index contributed by atoms with van der Waals surface area (Å²) in [6, 6.07) is 12.0. The summed E-state index contributed by atoms with van der Waals surface area (Å²) in [5, 5.41) is 7.31. The topological polar surface area (TPSA) is 99.2 Å². The number of hydrogen-bond donors (Lipinski definition) is 2. The molecule has 0 spiro atoms. The van der Waals surface area contributed by atoms with Crippen LogP contribution in [-0.2, 0) is 13.7 Å². The van der Waals surface area contributed by atoms with Crippen LogP contribution in [-0.4, -0.2) is 21.6 Å². The number of halogens is 2. The van der Waals surface area contributed by atoms with Gasteiger partial charge in [0.1, 0.15) is 23.1 Å². The number of benzene rings is 2. The number of nitrogens with zero attached hydrogens (tertiary/aromatic N) is 2. The lowest BCUT2D eigenvalue weighted by molar-refractivity contribution is 0.0992. The molecule has 0 fully saturated rings. The zero-order valence-corrected chi connectivity index (χ0v) is 16.3. The number of primary amides is 1. The predicted molar refractivity (Wildman–Crippen MR) is 107 cm³/mol. The minimum Gasteiger partial charge on any atom is -0.487 e. The smallest absolute Gasteiger partial charge is 0.269 e. The highest BCUT2D eigenvalue weighted by molar-refractivity contribution is 6.42. The number of aromatic nitrogens is 2. The fourth-order valence-electron chi connectivity index (χ4n) is 2.57. The molecule has 9 heteroatoms. The molecular weight excluding hydrogens is 403 g/mol. The van der Waals surface area contributed by atoms with Gasteiger partial charge in [-0.3, -0.25) is 14.3 Å². The van der Waals surface area contributed by atoms with E-state index in [0.29, 0.717) is 21.4 Å². The van der Waals surface area contributed by atoms with Crippen molar-refractivity contribution in [3.63, 3.8) is 0 Å². The Morgan fingerprint density at radius 3 is 2.71 bits per heavy atom. The number of aryl methyl sites for hydroxylation is 1. The van der Waals surface area contributed by atoms with E-state index in [9.17, 15) is 9.59 Å². The molecule has 0 aliphatic carbocycles. The highest BCUT2D eigenvalue weighted by Gasteiger charge is 2.17. The number of rotatable bonds is 6. The van der Waals surface area contributed by atoms with Crippen LogP contribution in [0.25, 0.3) is 0 Å². The maximum Gasteiger partial charge on any atom is 0.269 e. The summed E-state index contributed by atoms with van der Waals surface area (Å²) in [4.78, 5) is 24.1. The second kappa shape index (κ2) is 8.33. The molecule has 2 aromatic carbocycles. The quantitative estimate of drug-likeness (QED) is 0.637. The van der Waals surface area contributed by atoms with E-state index in [2.05, 4.69) is 10.4 Å². The van der Waals surface area contributed by atoms with E-state index < -0.39 is 11.8 Å². The fraction of sp³-hybridized carbons (Fsp3) is 0.105. The molecule has 2 amide bonds. The molecule has 0 aliphatic rings. The molecule has 3 aromatic rings. The van der Waals surface area contributed by atoms with E-state index in [-0.39, 0.29) is 18.0 Å². The van der Waals surface area contributed by atoms with Gasteiger partial charge in [-0.05, 0) is 29.8 Å². The Morgan fingerprint density at radius 1 is 1.21 bits per heavy atom. The lowest BCUT2D eigenvalue weighted by Gasteiger charge is -2.10. The average molecular weight is 419 g/mol. The van der Waals surface area contributed by atoms with Gasteiger partial charge in [-0.25, -0.2) is 0 Å². The van der Waals surface area contributed by atoms with Gasteiger partial charge in [-0.2, -0.15) is 5.10 Å². The van der Waals surface area contributed by atoms with Gasteiger partial charge >= 0.3 is 0 Å². The molecule has 0 radical (unpaired) electrons. The van der Waals surface area contributed by atoms with Crippen LogP contribution in [0.15, 0.2) is 48.7 Å². The van der Waals surface area contributed by atoms with Crippen molar-refractivity contribution >= 4 is 40.7 Å². The van der Waals surface area contributed by atoms with Gasteiger partial charge in [-0.1, -0.05) is 41.4 Å². The summed E-state index contributed by atoms with van der Waals surface area (Å²) in [6.07, 6.45) is 1.37. The standard InChI is InChI=1S/C19H16Cl2N4O3/c1-25-17(18(22)26)14(9-23-25)24-19(27)12-5-2-4-11(8-12)10-28-15-7-3-6-13(20)16(15)21/h2-9H,10H2,1H3,(H2,22,26)(H,24,27). The summed E-state index contributed by atoms with van der Waals surface area (Å²) < 4.78 is 6.99. The Kier molecular flexibility index (Phi) is 5.87. The summed E-state index contributed by atoms with van der Waals surface area (Å²) in [7, 11) is 1.56. The van der Waals surface area contributed by atoms with Crippen LogP contribution in [0, 0.1) is 0 Å². The van der Waals surface area contributed by atoms with E-state index in [1.54, 1.807) is 43.4 Å². The van der Waals surface area contributed by atoms with Crippen LogP contribution in [0.1, 0.15) is 26.4 Å². The Hall–Kier alpha value is -3.03. The van der Waals surface area contributed by atoms with E-state index >= 15 is 0 Å². The van der Waals surface area contributed by atoms with Gasteiger partial charge in [-0.15, -0.1) is 0 Å². The molecule has 7 nitrogen and oxygen atoms in total. The summed E-state index contributed by atoms with van der Waals surface area (Å²) in [5.41, 5.74) is 6.83. The van der Waals surface area contributed by atoms with Gasteiger partial charge < -0.3 is 15.8 Å². The third-order valence-electron chi connectivity index (χ3n) is 3.92. The molecular formula is C19H16Cl2N4O3. The van der Waals surface area contributed by atoms with Gasteiger partial charge in [0, 0.05) is 12.6 Å². The molecule has 1 heterocycles. The number of nitrogens with one attached hydrogen (secondary N) is 1. The molecule has 0 bridgehead atoms. The van der Waals surface area contributed by atoms with Gasteiger partial charge in [0.25, 0.3) is 11.8 Å². The average Bonchev–Trinajstić information content (AvgIpc) is 3.03. The van der Waals surface area contributed by atoms with Crippen molar-refractivity contribution in [2.24, 2.45) is 12.8 Å². The minimum atomic E-state index is -0.684. The monoisotopic (exact) mass is 418 g/mol. The zero-order valence-electron chi connectivity index (χ0n) is 14.8. The molecule has 28 heavy (non-hydrogen) atoms. The lowest BCUT2D eigenvalue weighted by Crippen LogP contribution is -2.20. The first-order valence-corrected chi connectivity index (χ1v) is 8.91. The van der Waals surface area contributed by atoms with Crippen LogP contribution in [0.3, 0.4) is 0 Å². The first-order valence-electron chi connectivity index (χ1n) is 8.15. The maximum atomic E-state index is 12.5. The van der Waals surface area contributed by atoms with Gasteiger partial charge in [0.05, 0.1) is 16.9 Å². The number of carbonyl (C=O) groups excluding carboxylic acids is 2. The summed E-state index contributed by atoms with van der Waals surface area (Å²) in [5.74, 6) is -0.639. The lowest BCUT2D eigenvalue weighted by atomic mass is 10.1. The number of amides is 2. The Labute approximate surface area is 171 Å². The molecule has 0 atom stereocenters. The Balaban J connectivity index is 1.73. The van der Waals surface area contributed by atoms with E-state index in [0.717, 1.165) is 5.56 Å². The third kappa shape index (κ3) is 4.27. The van der Waals surface area contributed by atoms with Crippen molar-refractivity contribution < 1.29 is 14.3 Å². The second-order valence-electron chi connectivity index (χ2n) is 5.89. The molecule has 0 saturated carbocycles. The predicted octanol–water partition coefficient (Wildman–Crippen LogP) is 3.66. The first kappa shape index (κ1) is 19.7. The Morgan fingerprint density at radius 2 is 1.96 bits per heavy atom. The van der Waals surface area contributed by atoms with E-state index in [1.807, 2.05) is 6.07 Å².